The number of aromatic amines is 1. The Kier molecular flexibility index (Phi) is 5.99. The van der Waals surface area contributed by atoms with Gasteiger partial charge in [0.1, 0.15) is 11.6 Å². The lowest BCUT2D eigenvalue weighted by atomic mass is 9.46. The number of halogens is 4. The molecule has 3 saturated carbocycles. The molecule has 1 amide bonds. The highest BCUT2D eigenvalue weighted by Gasteiger charge is 2.52. The highest BCUT2D eigenvalue weighted by Crippen LogP contribution is 2.63. The molecule has 2 aromatic heterocycles. The molecule has 3 aliphatic rings. The fourth-order valence-electron chi connectivity index (χ4n) is 4.58. The Hall–Kier alpha value is -3.23. The van der Waals surface area contributed by atoms with Crippen LogP contribution < -0.4 is 10.9 Å². The summed E-state index contributed by atoms with van der Waals surface area (Å²) in [6.45, 7) is 3.83. The number of carbonyl (C=O) groups is 1. The van der Waals surface area contributed by atoms with E-state index >= 15 is 0 Å². The van der Waals surface area contributed by atoms with Crippen LogP contribution in [0.5, 0.6) is 0 Å². The number of benzene rings is 1. The van der Waals surface area contributed by atoms with Crippen molar-refractivity contribution in [3.05, 3.63) is 75.3 Å². The Morgan fingerprint density at radius 3 is 2.45 bits per heavy atom. The number of H-pyrrole nitrogens is 1. The van der Waals surface area contributed by atoms with E-state index in [1.165, 1.54) is 18.9 Å². The number of carbonyl (C=O) groups excluding carboxylic acids is 1. The minimum absolute atomic E-state index is 0. The van der Waals surface area contributed by atoms with Crippen molar-refractivity contribution >= 4 is 16.8 Å². The number of amides is 1. The van der Waals surface area contributed by atoms with Crippen LogP contribution in [0.1, 0.15) is 53.3 Å². The van der Waals surface area contributed by atoms with Gasteiger partial charge in [0.15, 0.2) is 11.6 Å². The van der Waals surface area contributed by atoms with Crippen molar-refractivity contribution in [1.82, 2.24) is 15.3 Å². The lowest BCUT2D eigenvalue weighted by Crippen LogP contribution is -2.48. The highest BCUT2D eigenvalue weighted by atomic mass is 19.2. The lowest BCUT2D eigenvalue weighted by molar-refractivity contribution is -0.121. The molecule has 2 heterocycles. The summed E-state index contributed by atoms with van der Waals surface area (Å²) < 4.78 is 53.9. The quantitative estimate of drug-likeness (QED) is 0.521. The first-order valence-electron chi connectivity index (χ1n) is 10.6. The number of hydrogen-bond acceptors (Lipinski definition) is 3. The average molecular weight is 465 g/mol. The molecule has 0 aliphatic heterocycles. The predicted molar refractivity (Wildman–Crippen MR) is 119 cm³/mol. The number of rotatable bonds is 4. The Balaban J connectivity index is 0.000000464. The zero-order valence-corrected chi connectivity index (χ0v) is 18.1. The maximum atomic E-state index is 13.9. The molecule has 3 aliphatic carbocycles. The molecule has 33 heavy (non-hydrogen) atoms. The third kappa shape index (κ3) is 4.77. The van der Waals surface area contributed by atoms with E-state index < -0.39 is 47.2 Å². The van der Waals surface area contributed by atoms with Crippen LogP contribution in [0.15, 0.2) is 35.3 Å². The fourth-order valence-corrected chi connectivity index (χ4v) is 4.58. The van der Waals surface area contributed by atoms with Gasteiger partial charge in [-0.1, -0.05) is 6.92 Å². The van der Waals surface area contributed by atoms with Crippen molar-refractivity contribution < 1.29 is 25.2 Å². The maximum absolute atomic E-state index is 13.9. The molecule has 178 valence electrons. The lowest BCUT2D eigenvalue weighted by Gasteiger charge is -2.60. The summed E-state index contributed by atoms with van der Waals surface area (Å²) in [5, 5.41) is 2.25. The van der Waals surface area contributed by atoms with E-state index in [4.69, 9.17) is 0 Å². The van der Waals surface area contributed by atoms with Gasteiger partial charge in [0.2, 0.25) is 5.91 Å². The van der Waals surface area contributed by atoms with Crippen LogP contribution in [0, 0.1) is 34.6 Å². The van der Waals surface area contributed by atoms with E-state index in [0.29, 0.717) is 6.07 Å². The second-order valence-corrected chi connectivity index (χ2v) is 9.22. The molecule has 3 fully saturated rings. The first kappa shape index (κ1) is 22.9. The van der Waals surface area contributed by atoms with Gasteiger partial charge in [0.05, 0.1) is 29.9 Å². The van der Waals surface area contributed by atoms with Gasteiger partial charge in [-0.15, -0.1) is 0 Å². The van der Waals surface area contributed by atoms with E-state index in [1.54, 1.807) is 19.3 Å². The smallest absolute Gasteiger partial charge is 0.252 e. The topological polar surface area (TPSA) is 74.8 Å². The summed E-state index contributed by atoms with van der Waals surface area (Å²) in [4.78, 5) is 30.2. The Labute approximate surface area is 190 Å². The second kappa shape index (κ2) is 8.61. The van der Waals surface area contributed by atoms with E-state index in [1.807, 2.05) is 0 Å². The standard InChI is InChI=1S/C18H13F4N3O2.C6H10.2H2/c1-8(17-13(21)6-10(19)7-23-17)24-15(26)5-9-4-11-14(25-18(9)27)3-2-12(20)16(11)22;1-6-2-5(3-6)4-6;;/h2-4,6-8H,5H2,1H3,(H,24,26)(H,25,27);5H,2-4H2,1H3;2*1H/t8-;;;/m1.../s1. The Bertz CT molecular complexity index is 1280. The molecule has 1 atom stereocenters. The average Bonchev–Trinajstić information content (AvgIpc) is 2.70. The van der Waals surface area contributed by atoms with Crippen LogP contribution in [0.2, 0.25) is 0 Å². The number of fused-ring (bicyclic) bond motifs is 1. The molecular formula is C24H27F4N3O2. The van der Waals surface area contributed by atoms with Crippen LogP contribution in [-0.2, 0) is 11.2 Å². The molecule has 0 spiro atoms. The van der Waals surface area contributed by atoms with Crippen LogP contribution >= 0.6 is 0 Å². The third-order valence-corrected chi connectivity index (χ3v) is 6.31. The van der Waals surface area contributed by atoms with Gasteiger partial charge in [0, 0.05) is 19.9 Å². The van der Waals surface area contributed by atoms with Crippen molar-refractivity contribution in [3.63, 3.8) is 0 Å². The van der Waals surface area contributed by atoms with Gasteiger partial charge in [0.25, 0.3) is 5.56 Å². The number of aromatic nitrogens is 2. The zero-order valence-electron chi connectivity index (χ0n) is 18.1. The first-order valence-corrected chi connectivity index (χ1v) is 10.6. The number of nitrogens with zero attached hydrogens (tertiary/aromatic N) is 1. The summed E-state index contributed by atoms with van der Waals surface area (Å²) in [5.74, 6) is -3.51. The molecule has 9 heteroatoms. The molecule has 5 nitrogen and oxygen atoms in total. The normalized spacial score (nSPS) is 21.3. The van der Waals surface area contributed by atoms with E-state index in [2.05, 4.69) is 22.2 Å². The van der Waals surface area contributed by atoms with Gasteiger partial charge in [-0.2, -0.15) is 0 Å². The molecule has 2 bridgehead atoms. The maximum Gasteiger partial charge on any atom is 0.252 e. The summed E-state index contributed by atoms with van der Waals surface area (Å²) in [5.41, 5.74) is 0.0518. The SMILES string of the molecule is CC12CC(C1)C2.C[C@@H](NC(=O)Cc1cc2c(F)c(F)ccc2[nH]c1=O)c1ncc(F)cc1F.[HH].[HH]. The molecule has 0 saturated heterocycles. The summed E-state index contributed by atoms with van der Waals surface area (Å²) in [6, 6.07) is 2.92. The minimum Gasteiger partial charge on any atom is -0.348 e. The summed E-state index contributed by atoms with van der Waals surface area (Å²) >= 11 is 0. The van der Waals surface area contributed by atoms with Crippen molar-refractivity contribution in [2.24, 2.45) is 11.3 Å². The Morgan fingerprint density at radius 2 is 1.88 bits per heavy atom. The van der Waals surface area contributed by atoms with Crippen molar-refractivity contribution in [2.75, 3.05) is 0 Å². The highest BCUT2D eigenvalue weighted by molar-refractivity contribution is 5.83. The molecule has 2 N–H and O–H groups in total. The molecule has 0 unspecified atom stereocenters. The molecule has 6 rings (SSSR count). The van der Waals surface area contributed by atoms with Gasteiger partial charge in [-0.25, -0.2) is 17.6 Å². The zero-order chi connectivity index (χ0) is 23.9. The molecule has 1 aromatic carbocycles. The predicted octanol–water partition coefficient (Wildman–Crippen LogP) is 5.20. The molecule has 0 radical (unpaired) electrons. The van der Waals surface area contributed by atoms with Crippen molar-refractivity contribution in [3.8, 4) is 0 Å². The van der Waals surface area contributed by atoms with Crippen LogP contribution in [0.3, 0.4) is 0 Å². The number of hydrogen-bond donors (Lipinski definition) is 2. The number of pyridine rings is 2. The number of nitrogens with one attached hydrogen (secondary N) is 2. The monoisotopic (exact) mass is 465 g/mol. The largest absolute Gasteiger partial charge is 0.348 e. The van der Waals surface area contributed by atoms with Gasteiger partial charge < -0.3 is 10.3 Å². The van der Waals surface area contributed by atoms with Gasteiger partial charge in [-0.3, -0.25) is 14.6 Å². The summed E-state index contributed by atoms with van der Waals surface area (Å²) in [6.07, 6.45) is 5.01. The Morgan fingerprint density at radius 1 is 1.21 bits per heavy atom. The van der Waals surface area contributed by atoms with Crippen molar-refractivity contribution in [1.29, 1.82) is 0 Å². The second-order valence-electron chi connectivity index (χ2n) is 9.22. The van der Waals surface area contributed by atoms with Gasteiger partial charge in [-0.05, 0) is 55.7 Å². The summed E-state index contributed by atoms with van der Waals surface area (Å²) in [7, 11) is 0. The van der Waals surface area contributed by atoms with E-state index in [0.717, 1.165) is 23.7 Å². The van der Waals surface area contributed by atoms with E-state index in [9.17, 15) is 27.2 Å². The van der Waals surface area contributed by atoms with Gasteiger partial charge >= 0.3 is 0 Å². The van der Waals surface area contributed by atoms with Crippen LogP contribution in [0.25, 0.3) is 10.9 Å². The van der Waals surface area contributed by atoms with Crippen LogP contribution in [0.4, 0.5) is 17.6 Å². The molecule has 3 aromatic rings. The van der Waals surface area contributed by atoms with Crippen LogP contribution in [-0.4, -0.2) is 15.9 Å². The third-order valence-electron chi connectivity index (χ3n) is 6.31. The van der Waals surface area contributed by atoms with E-state index in [-0.39, 0.29) is 25.0 Å². The first-order chi connectivity index (χ1) is 15.5. The fraction of sp³-hybridized carbons (Fsp3) is 0.375. The van der Waals surface area contributed by atoms with Crippen molar-refractivity contribution in [2.45, 2.75) is 45.6 Å². The molecular weight excluding hydrogens is 438 g/mol. The minimum atomic E-state index is -1.14.